The molecule has 0 saturated heterocycles. The van der Waals surface area contributed by atoms with Crippen molar-refractivity contribution in [3.63, 3.8) is 0 Å². The molecule has 0 aliphatic carbocycles. The number of hydrogen-bond acceptors (Lipinski definition) is 4. The van der Waals surface area contributed by atoms with Gasteiger partial charge in [-0.25, -0.2) is 10.4 Å². The molecule has 0 spiro atoms. The highest BCUT2D eigenvalue weighted by Gasteiger charge is 2.14. The number of hydrazone groups is 1. The molecule has 0 aliphatic rings. The number of rotatable bonds is 7. The van der Waals surface area contributed by atoms with Gasteiger partial charge >= 0.3 is 0 Å². The van der Waals surface area contributed by atoms with E-state index in [1.165, 1.54) is 10.8 Å². The van der Waals surface area contributed by atoms with E-state index in [4.69, 9.17) is 9.72 Å². The number of halogens is 2. The van der Waals surface area contributed by atoms with Crippen molar-refractivity contribution < 1.29 is 9.53 Å². The standard InChI is InChI=1S/C34H23Br2N3O2/c35-29-17-22(18-30(36)33(29)41-21-25-13-8-12-23-9-4-5-14-26(23)25)20-37-39-34(40)28-19-32(24-10-2-1-3-11-24)38-31-16-7-6-15-27(28)31/h1-20H,21H2,(H,39,40)/b37-20+. The van der Waals surface area contributed by atoms with E-state index < -0.39 is 0 Å². The fourth-order valence-electron chi connectivity index (χ4n) is 4.71. The predicted octanol–water partition coefficient (Wildman–Crippen LogP) is 8.92. The summed E-state index contributed by atoms with van der Waals surface area (Å²) in [4.78, 5) is 18.0. The van der Waals surface area contributed by atoms with Crippen LogP contribution >= 0.6 is 31.9 Å². The van der Waals surface area contributed by atoms with Crippen molar-refractivity contribution in [1.29, 1.82) is 0 Å². The zero-order chi connectivity index (χ0) is 28.2. The van der Waals surface area contributed by atoms with Crippen molar-refractivity contribution in [2.45, 2.75) is 6.61 Å². The maximum absolute atomic E-state index is 13.2. The molecular weight excluding hydrogens is 642 g/mol. The van der Waals surface area contributed by atoms with Crippen LogP contribution < -0.4 is 10.2 Å². The molecule has 1 N–H and O–H groups in total. The highest BCUT2D eigenvalue weighted by molar-refractivity contribution is 9.11. The number of fused-ring (bicyclic) bond motifs is 2. The van der Waals surface area contributed by atoms with E-state index in [-0.39, 0.29) is 5.91 Å². The summed E-state index contributed by atoms with van der Waals surface area (Å²) in [6, 6.07) is 37.5. The second kappa shape index (κ2) is 12.0. The predicted molar refractivity (Wildman–Crippen MR) is 172 cm³/mol. The quantitative estimate of drug-likeness (QED) is 0.137. The third kappa shape index (κ3) is 5.92. The molecule has 0 fully saturated rings. The molecule has 0 atom stereocenters. The first-order valence-electron chi connectivity index (χ1n) is 12.9. The first-order valence-corrected chi connectivity index (χ1v) is 14.5. The Morgan fingerprint density at radius 2 is 1.49 bits per heavy atom. The average Bonchev–Trinajstić information content (AvgIpc) is 3.00. The average molecular weight is 665 g/mol. The van der Waals surface area contributed by atoms with Crippen molar-refractivity contribution >= 4 is 65.7 Å². The number of carbonyl (C=O) groups excluding carboxylic acids is 1. The Kier molecular flexibility index (Phi) is 7.89. The van der Waals surface area contributed by atoms with Crippen LogP contribution in [0.5, 0.6) is 5.75 Å². The van der Waals surface area contributed by atoms with Gasteiger partial charge in [-0.2, -0.15) is 5.10 Å². The van der Waals surface area contributed by atoms with Gasteiger partial charge in [0.1, 0.15) is 12.4 Å². The molecule has 0 unspecified atom stereocenters. The lowest BCUT2D eigenvalue weighted by molar-refractivity contribution is 0.0956. The Labute approximate surface area is 254 Å². The number of para-hydroxylation sites is 1. The number of amides is 1. The number of ether oxygens (including phenoxy) is 1. The Morgan fingerprint density at radius 1 is 0.805 bits per heavy atom. The first kappa shape index (κ1) is 26.9. The van der Waals surface area contributed by atoms with Gasteiger partial charge in [0.25, 0.3) is 5.91 Å². The highest BCUT2D eigenvalue weighted by Crippen LogP contribution is 2.35. The molecule has 0 bridgehead atoms. The Balaban J connectivity index is 1.19. The SMILES string of the molecule is O=C(N/N=C/c1cc(Br)c(OCc2cccc3ccccc23)c(Br)c1)c1cc(-c2ccccc2)nc2ccccc12. The second-order valence-corrected chi connectivity index (χ2v) is 11.1. The van der Waals surface area contributed by atoms with Gasteiger partial charge in [-0.15, -0.1) is 0 Å². The summed E-state index contributed by atoms with van der Waals surface area (Å²) < 4.78 is 7.73. The number of hydrogen-bond donors (Lipinski definition) is 1. The van der Waals surface area contributed by atoms with Gasteiger partial charge in [-0.3, -0.25) is 4.79 Å². The Hall–Kier alpha value is -4.33. The van der Waals surface area contributed by atoms with E-state index in [0.717, 1.165) is 42.2 Å². The van der Waals surface area contributed by atoms with E-state index in [1.807, 2.05) is 84.9 Å². The number of benzene rings is 5. The fraction of sp³-hybridized carbons (Fsp3) is 0.0294. The van der Waals surface area contributed by atoms with Crippen LogP contribution in [0.15, 0.2) is 129 Å². The smallest absolute Gasteiger partial charge is 0.272 e. The summed E-state index contributed by atoms with van der Waals surface area (Å²) in [7, 11) is 0. The highest BCUT2D eigenvalue weighted by atomic mass is 79.9. The summed E-state index contributed by atoms with van der Waals surface area (Å²) in [5.74, 6) is 0.376. The zero-order valence-electron chi connectivity index (χ0n) is 21.7. The molecular formula is C34H23Br2N3O2. The molecule has 6 rings (SSSR count). The number of carbonyl (C=O) groups is 1. The van der Waals surface area contributed by atoms with Crippen molar-refractivity contribution in [2.24, 2.45) is 5.10 Å². The summed E-state index contributed by atoms with van der Waals surface area (Å²) in [5.41, 5.74) is 7.48. The van der Waals surface area contributed by atoms with Crippen LogP contribution in [-0.4, -0.2) is 17.1 Å². The van der Waals surface area contributed by atoms with Crippen LogP contribution in [0.3, 0.4) is 0 Å². The number of nitrogens with zero attached hydrogens (tertiary/aromatic N) is 2. The Bertz CT molecular complexity index is 1890. The van der Waals surface area contributed by atoms with Crippen LogP contribution in [0.4, 0.5) is 0 Å². The van der Waals surface area contributed by atoms with Crippen LogP contribution in [-0.2, 0) is 6.61 Å². The van der Waals surface area contributed by atoms with Gasteiger partial charge in [-0.1, -0.05) is 91.0 Å². The first-order chi connectivity index (χ1) is 20.1. The van der Waals surface area contributed by atoms with Gasteiger partial charge in [0, 0.05) is 10.9 Å². The van der Waals surface area contributed by atoms with E-state index >= 15 is 0 Å². The van der Waals surface area contributed by atoms with E-state index in [2.05, 4.69) is 66.7 Å². The summed E-state index contributed by atoms with van der Waals surface area (Å²) >= 11 is 7.25. The van der Waals surface area contributed by atoms with Gasteiger partial charge in [0.2, 0.25) is 0 Å². The molecule has 0 saturated carbocycles. The van der Waals surface area contributed by atoms with Crippen LogP contribution in [0.25, 0.3) is 32.9 Å². The zero-order valence-corrected chi connectivity index (χ0v) is 24.9. The topological polar surface area (TPSA) is 63.6 Å². The van der Waals surface area contributed by atoms with E-state index in [1.54, 1.807) is 12.3 Å². The maximum Gasteiger partial charge on any atom is 0.272 e. The van der Waals surface area contributed by atoms with Gasteiger partial charge in [0.15, 0.2) is 0 Å². The molecule has 200 valence electrons. The Morgan fingerprint density at radius 3 is 2.29 bits per heavy atom. The monoisotopic (exact) mass is 663 g/mol. The maximum atomic E-state index is 13.2. The number of aromatic nitrogens is 1. The minimum Gasteiger partial charge on any atom is -0.487 e. The molecule has 41 heavy (non-hydrogen) atoms. The lowest BCUT2D eigenvalue weighted by Crippen LogP contribution is -2.18. The van der Waals surface area contributed by atoms with E-state index in [0.29, 0.717) is 17.9 Å². The van der Waals surface area contributed by atoms with E-state index in [9.17, 15) is 4.79 Å². The molecule has 0 radical (unpaired) electrons. The van der Waals surface area contributed by atoms with Gasteiger partial charge < -0.3 is 4.74 Å². The van der Waals surface area contributed by atoms with Crippen molar-refractivity contribution in [3.05, 3.63) is 141 Å². The van der Waals surface area contributed by atoms with Crippen LogP contribution in [0, 0.1) is 0 Å². The number of pyridine rings is 1. The van der Waals surface area contributed by atoms with Gasteiger partial charge in [0.05, 0.1) is 31.9 Å². The largest absolute Gasteiger partial charge is 0.487 e. The van der Waals surface area contributed by atoms with Gasteiger partial charge in [-0.05, 0) is 78.0 Å². The minimum absolute atomic E-state index is 0.315. The van der Waals surface area contributed by atoms with Crippen LogP contribution in [0.2, 0.25) is 0 Å². The molecule has 6 aromatic rings. The molecule has 7 heteroatoms. The third-order valence-electron chi connectivity index (χ3n) is 6.68. The molecule has 5 nitrogen and oxygen atoms in total. The summed E-state index contributed by atoms with van der Waals surface area (Å²) in [6.07, 6.45) is 1.60. The summed E-state index contributed by atoms with van der Waals surface area (Å²) in [5, 5.41) is 7.34. The van der Waals surface area contributed by atoms with Crippen LogP contribution in [0.1, 0.15) is 21.5 Å². The molecule has 0 aliphatic heterocycles. The summed E-state index contributed by atoms with van der Waals surface area (Å²) in [6.45, 7) is 0.424. The second-order valence-electron chi connectivity index (χ2n) is 9.38. The molecule has 1 amide bonds. The van der Waals surface area contributed by atoms with Crippen molar-refractivity contribution in [3.8, 4) is 17.0 Å². The van der Waals surface area contributed by atoms with Crippen molar-refractivity contribution in [2.75, 3.05) is 0 Å². The number of nitrogens with one attached hydrogen (secondary N) is 1. The molecule has 5 aromatic carbocycles. The molecule has 1 aromatic heterocycles. The van der Waals surface area contributed by atoms with Crippen molar-refractivity contribution in [1.82, 2.24) is 10.4 Å². The third-order valence-corrected chi connectivity index (χ3v) is 7.86. The lowest BCUT2D eigenvalue weighted by Gasteiger charge is -2.13. The molecule has 1 heterocycles. The fourth-order valence-corrected chi connectivity index (χ4v) is 6.16. The lowest BCUT2D eigenvalue weighted by atomic mass is 10.0. The minimum atomic E-state index is -0.315. The normalized spacial score (nSPS) is 11.3.